The molecule has 1 rings (SSSR count). The first-order chi connectivity index (χ1) is 8.21. The summed E-state index contributed by atoms with van der Waals surface area (Å²) < 4.78 is 22.4. The smallest absolute Gasteiger partial charge is 0.238 e. The predicted octanol–water partition coefficient (Wildman–Crippen LogP) is -0.142. The third-order valence-electron chi connectivity index (χ3n) is 2.46. The van der Waals surface area contributed by atoms with Gasteiger partial charge in [0.25, 0.3) is 0 Å². The molecule has 0 aliphatic carbocycles. The minimum atomic E-state index is -3.74. The maximum absolute atomic E-state index is 11.4. The lowest BCUT2D eigenvalue weighted by atomic mass is 10.1. The summed E-state index contributed by atoms with van der Waals surface area (Å²) in [5.74, 6) is -0.302. The van der Waals surface area contributed by atoms with Gasteiger partial charge in [-0.25, -0.2) is 13.6 Å². The van der Waals surface area contributed by atoms with Crippen LogP contribution in [0.4, 0.5) is 0 Å². The first-order valence-corrected chi connectivity index (χ1v) is 6.95. The minimum absolute atomic E-state index is 0.0156. The van der Waals surface area contributed by atoms with Gasteiger partial charge in [0.15, 0.2) is 0 Å². The van der Waals surface area contributed by atoms with Gasteiger partial charge in [-0.3, -0.25) is 4.79 Å². The normalized spacial score (nSPS) is 14.9. The largest absolute Gasteiger partial charge is 0.348 e. The van der Waals surface area contributed by atoms with E-state index in [1.54, 1.807) is 26.0 Å². The quantitative estimate of drug-likeness (QED) is 0.706. The van der Waals surface area contributed by atoms with E-state index in [1.807, 2.05) is 0 Å². The van der Waals surface area contributed by atoms with Gasteiger partial charge in [-0.05, 0) is 31.5 Å². The van der Waals surface area contributed by atoms with Crippen molar-refractivity contribution in [1.82, 2.24) is 5.32 Å². The Labute approximate surface area is 106 Å². The van der Waals surface area contributed by atoms with Crippen molar-refractivity contribution in [3.8, 4) is 0 Å². The fraction of sp³-hybridized carbons (Fsp3) is 0.364. The van der Waals surface area contributed by atoms with Crippen molar-refractivity contribution in [2.45, 2.75) is 30.8 Å². The number of primary sulfonamides is 1. The van der Waals surface area contributed by atoms with E-state index in [1.165, 1.54) is 12.1 Å². The fourth-order valence-electron chi connectivity index (χ4n) is 1.39. The summed E-state index contributed by atoms with van der Waals surface area (Å²) in [5.41, 5.74) is 6.08. The standard InChI is InChI=1S/C11H17N3O3S/c1-7(12)11(15)14-8(2)9-4-3-5-10(6-9)18(13,16)17/h3-8H,12H2,1-2H3,(H,14,15)(H2,13,16,17)/t7-,8?/m1/s1. The average Bonchev–Trinajstić information content (AvgIpc) is 2.27. The molecule has 0 bridgehead atoms. The number of carbonyl (C=O) groups is 1. The highest BCUT2D eigenvalue weighted by atomic mass is 32.2. The molecule has 0 radical (unpaired) electrons. The van der Waals surface area contributed by atoms with E-state index in [0.717, 1.165) is 0 Å². The highest BCUT2D eigenvalue weighted by Gasteiger charge is 2.15. The highest BCUT2D eigenvalue weighted by Crippen LogP contribution is 2.16. The molecule has 0 aromatic heterocycles. The highest BCUT2D eigenvalue weighted by molar-refractivity contribution is 7.89. The molecule has 2 atom stereocenters. The van der Waals surface area contributed by atoms with Crippen LogP contribution in [0.3, 0.4) is 0 Å². The van der Waals surface area contributed by atoms with Crippen molar-refractivity contribution in [3.05, 3.63) is 29.8 Å². The zero-order valence-corrected chi connectivity index (χ0v) is 11.1. The van der Waals surface area contributed by atoms with Crippen molar-refractivity contribution < 1.29 is 13.2 Å². The number of sulfonamides is 1. The second kappa shape index (κ2) is 5.47. The zero-order valence-electron chi connectivity index (χ0n) is 10.3. The van der Waals surface area contributed by atoms with Crippen LogP contribution in [0, 0.1) is 0 Å². The van der Waals surface area contributed by atoms with Gasteiger partial charge in [0.2, 0.25) is 15.9 Å². The second-order valence-corrected chi connectivity index (χ2v) is 5.70. The van der Waals surface area contributed by atoms with Crippen LogP contribution in [0.5, 0.6) is 0 Å². The molecule has 1 unspecified atom stereocenters. The molecule has 0 saturated heterocycles. The van der Waals surface area contributed by atoms with Gasteiger partial charge in [0, 0.05) is 0 Å². The maximum atomic E-state index is 11.4. The molecule has 0 aliphatic rings. The lowest BCUT2D eigenvalue weighted by molar-refractivity contribution is -0.122. The van der Waals surface area contributed by atoms with E-state index < -0.39 is 16.1 Å². The molecule has 6 nitrogen and oxygen atoms in total. The van der Waals surface area contributed by atoms with Gasteiger partial charge in [-0.15, -0.1) is 0 Å². The molecule has 5 N–H and O–H groups in total. The number of hydrogen-bond donors (Lipinski definition) is 3. The van der Waals surface area contributed by atoms with Gasteiger partial charge in [0.05, 0.1) is 17.0 Å². The van der Waals surface area contributed by atoms with Crippen LogP contribution < -0.4 is 16.2 Å². The Morgan fingerprint density at radius 2 is 1.94 bits per heavy atom. The summed E-state index contributed by atoms with van der Waals surface area (Å²) in [7, 11) is -3.74. The third kappa shape index (κ3) is 3.80. The molecule has 100 valence electrons. The number of amides is 1. The van der Waals surface area contributed by atoms with Gasteiger partial charge in [-0.1, -0.05) is 12.1 Å². The van der Waals surface area contributed by atoms with Crippen molar-refractivity contribution >= 4 is 15.9 Å². The Morgan fingerprint density at radius 3 is 2.44 bits per heavy atom. The van der Waals surface area contributed by atoms with Crippen molar-refractivity contribution in [1.29, 1.82) is 0 Å². The minimum Gasteiger partial charge on any atom is -0.348 e. The van der Waals surface area contributed by atoms with E-state index in [0.29, 0.717) is 5.56 Å². The molecule has 1 amide bonds. The first-order valence-electron chi connectivity index (χ1n) is 5.40. The number of nitrogens with two attached hydrogens (primary N) is 2. The maximum Gasteiger partial charge on any atom is 0.238 e. The van der Waals surface area contributed by atoms with Crippen LogP contribution in [-0.2, 0) is 14.8 Å². The third-order valence-corrected chi connectivity index (χ3v) is 3.37. The fourth-order valence-corrected chi connectivity index (χ4v) is 1.96. The number of nitrogens with one attached hydrogen (secondary N) is 1. The molecule has 0 fully saturated rings. The second-order valence-electron chi connectivity index (χ2n) is 4.14. The van der Waals surface area contributed by atoms with Crippen molar-refractivity contribution in [2.24, 2.45) is 10.9 Å². The number of benzene rings is 1. The van der Waals surface area contributed by atoms with Gasteiger partial charge < -0.3 is 11.1 Å². The van der Waals surface area contributed by atoms with E-state index >= 15 is 0 Å². The van der Waals surface area contributed by atoms with Crippen LogP contribution in [0.1, 0.15) is 25.5 Å². The molecule has 1 aromatic rings. The van der Waals surface area contributed by atoms with E-state index in [2.05, 4.69) is 5.32 Å². The monoisotopic (exact) mass is 271 g/mol. The molecule has 7 heteroatoms. The van der Waals surface area contributed by atoms with Crippen LogP contribution in [-0.4, -0.2) is 20.4 Å². The number of hydrogen-bond acceptors (Lipinski definition) is 4. The van der Waals surface area contributed by atoms with Gasteiger partial charge in [0.1, 0.15) is 0 Å². The summed E-state index contributed by atoms with van der Waals surface area (Å²) in [6.07, 6.45) is 0. The SMILES string of the molecule is CC(NC(=O)[C@@H](C)N)c1cccc(S(N)(=O)=O)c1. The summed E-state index contributed by atoms with van der Waals surface area (Å²) in [4.78, 5) is 11.4. The van der Waals surface area contributed by atoms with Crippen LogP contribution in [0.15, 0.2) is 29.2 Å². The van der Waals surface area contributed by atoms with E-state index in [9.17, 15) is 13.2 Å². The lowest BCUT2D eigenvalue weighted by Gasteiger charge is -2.16. The Balaban J connectivity index is 2.94. The molecule has 0 heterocycles. The summed E-state index contributed by atoms with van der Waals surface area (Å²) >= 11 is 0. The van der Waals surface area contributed by atoms with E-state index in [-0.39, 0.29) is 16.8 Å². The molecule has 18 heavy (non-hydrogen) atoms. The first kappa shape index (κ1) is 14.6. The zero-order chi connectivity index (χ0) is 13.9. The Morgan fingerprint density at radius 1 is 1.33 bits per heavy atom. The Kier molecular flexibility index (Phi) is 4.44. The topological polar surface area (TPSA) is 115 Å². The van der Waals surface area contributed by atoms with Crippen LogP contribution >= 0.6 is 0 Å². The summed E-state index contributed by atoms with van der Waals surface area (Å²) in [6, 6.07) is 5.16. The summed E-state index contributed by atoms with van der Waals surface area (Å²) in [6.45, 7) is 3.31. The lowest BCUT2D eigenvalue weighted by Crippen LogP contribution is -2.39. The average molecular weight is 271 g/mol. The Hall–Kier alpha value is -1.44. The molecular formula is C11H17N3O3S. The number of rotatable bonds is 4. The van der Waals surface area contributed by atoms with Crippen LogP contribution in [0.25, 0.3) is 0 Å². The summed E-state index contributed by atoms with van der Waals surface area (Å²) in [5, 5.41) is 7.71. The van der Waals surface area contributed by atoms with E-state index in [4.69, 9.17) is 10.9 Å². The van der Waals surface area contributed by atoms with Gasteiger partial charge >= 0.3 is 0 Å². The molecule has 1 aromatic carbocycles. The van der Waals surface area contributed by atoms with Crippen molar-refractivity contribution in [2.75, 3.05) is 0 Å². The molecular weight excluding hydrogens is 254 g/mol. The Bertz CT molecular complexity index is 540. The van der Waals surface area contributed by atoms with Gasteiger partial charge in [-0.2, -0.15) is 0 Å². The van der Waals surface area contributed by atoms with Crippen molar-refractivity contribution in [3.63, 3.8) is 0 Å². The predicted molar refractivity (Wildman–Crippen MR) is 68.0 cm³/mol. The number of carbonyl (C=O) groups excluding carboxylic acids is 1. The molecule has 0 spiro atoms. The van der Waals surface area contributed by atoms with Crippen LogP contribution in [0.2, 0.25) is 0 Å². The molecule has 0 aliphatic heterocycles. The molecule has 0 saturated carbocycles.